The Balaban J connectivity index is 2.23. The van der Waals surface area contributed by atoms with E-state index in [1.54, 1.807) is 11.3 Å². The number of hydrogen-bond donors (Lipinski definition) is 2. The maximum Gasteiger partial charge on any atom is 0.0677 e. The molecule has 1 atom stereocenters. The molecule has 2 aromatic heterocycles. The van der Waals surface area contributed by atoms with Gasteiger partial charge in [0.2, 0.25) is 0 Å². The Morgan fingerprint density at radius 3 is 2.88 bits per heavy atom. The van der Waals surface area contributed by atoms with E-state index in [2.05, 4.69) is 44.0 Å². The summed E-state index contributed by atoms with van der Waals surface area (Å²) in [6.07, 6.45) is 0.855. The molecule has 0 amide bonds. The van der Waals surface area contributed by atoms with Gasteiger partial charge in [-0.25, -0.2) is 0 Å². The Kier molecular flexibility index (Phi) is 3.98. The first-order valence-electron chi connectivity index (χ1n) is 5.30. The number of aryl methyl sites for hydroxylation is 2. The molecule has 17 heavy (non-hydrogen) atoms. The minimum absolute atomic E-state index is 0.0798. The molecular weight excluding hydrogens is 300 g/mol. The lowest BCUT2D eigenvalue weighted by atomic mass is 10.1. The Morgan fingerprint density at radius 1 is 1.65 bits per heavy atom. The fourth-order valence-corrected chi connectivity index (χ4v) is 3.42. The Hall–Kier alpha value is -0.690. The number of hydrazine groups is 1. The van der Waals surface area contributed by atoms with Gasteiger partial charge in [0.15, 0.2) is 0 Å². The van der Waals surface area contributed by atoms with Crippen LogP contribution in [0.15, 0.2) is 22.0 Å². The van der Waals surface area contributed by atoms with E-state index in [4.69, 9.17) is 5.84 Å². The monoisotopic (exact) mass is 314 g/mol. The van der Waals surface area contributed by atoms with E-state index in [0.29, 0.717) is 0 Å². The molecule has 4 nitrogen and oxygen atoms in total. The zero-order chi connectivity index (χ0) is 12.4. The van der Waals surface area contributed by atoms with E-state index in [9.17, 15) is 0 Å². The molecule has 1 unspecified atom stereocenters. The highest BCUT2D eigenvalue weighted by atomic mass is 79.9. The number of thiophene rings is 1. The first-order valence-corrected chi connectivity index (χ1v) is 6.97. The minimum Gasteiger partial charge on any atom is -0.271 e. The van der Waals surface area contributed by atoms with Crippen molar-refractivity contribution in [2.45, 2.75) is 19.4 Å². The highest BCUT2D eigenvalue weighted by Crippen LogP contribution is 2.28. The molecule has 2 aromatic rings. The van der Waals surface area contributed by atoms with Gasteiger partial charge in [-0.15, -0.1) is 11.3 Å². The molecule has 0 bridgehead atoms. The number of rotatable bonds is 4. The molecular formula is C11H15BrN4S. The standard InChI is InChI=1S/C11H15BrN4S/c1-7-5-10(16(2)15-7)9(14-13)6-11-8(12)3-4-17-11/h3-5,9,14H,6,13H2,1-2H3. The smallest absolute Gasteiger partial charge is 0.0677 e. The summed E-state index contributed by atoms with van der Waals surface area (Å²) < 4.78 is 3.02. The number of halogens is 1. The van der Waals surface area contributed by atoms with Gasteiger partial charge in [-0.2, -0.15) is 5.10 Å². The zero-order valence-electron chi connectivity index (χ0n) is 9.77. The molecule has 0 saturated carbocycles. The number of nitrogens with two attached hydrogens (primary N) is 1. The molecule has 0 saturated heterocycles. The summed E-state index contributed by atoms with van der Waals surface area (Å²) in [4.78, 5) is 1.28. The van der Waals surface area contributed by atoms with Crippen molar-refractivity contribution in [1.29, 1.82) is 0 Å². The van der Waals surface area contributed by atoms with Crippen molar-refractivity contribution < 1.29 is 0 Å². The van der Waals surface area contributed by atoms with Crippen LogP contribution in [0.25, 0.3) is 0 Å². The van der Waals surface area contributed by atoms with Crippen molar-refractivity contribution in [3.05, 3.63) is 38.3 Å². The van der Waals surface area contributed by atoms with Crippen LogP contribution in [0, 0.1) is 6.92 Å². The second kappa shape index (κ2) is 5.30. The van der Waals surface area contributed by atoms with Crippen molar-refractivity contribution >= 4 is 27.3 Å². The predicted molar refractivity (Wildman–Crippen MR) is 73.7 cm³/mol. The Bertz CT molecular complexity index is 505. The summed E-state index contributed by atoms with van der Waals surface area (Å²) in [5.74, 6) is 5.65. The number of hydrogen-bond acceptors (Lipinski definition) is 4. The first-order chi connectivity index (χ1) is 8.11. The number of nitrogens with one attached hydrogen (secondary N) is 1. The number of nitrogens with zero attached hydrogens (tertiary/aromatic N) is 2. The molecule has 92 valence electrons. The van der Waals surface area contributed by atoms with Crippen LogP contribution < -0.4 is 11.3 Å². The van der Waals surface area contributed by atoms with Crippen LogP contribution in [0.5, 0.6) is 0 Å². The largest absolute Gasteiger partial charge is 0.271 e. The summed E-state index contributed by atoms with van der Waals surface area (Å²) in [6.45, 7) is 1.98. The van der Waals surface area contributed by atoms with Gasteiger partial charge >= 0.3 is 0 Å². The molecule has 0 aliphatic heterocycles. The fourth-order valence-electron chi connectivity index (χ4n) is 1.86. The molecule has 2 rings (SSSR count). The van der Waals surface area contributed by atoms with Gasteiger partial charge in [-0.05, 0) is 40.4 Å². The van der Waals surface area contributed by atoms with Crippen LogP contribution in [0.1, 0.15) is 22.3 Å². The van der Waals surface area contributed by atoms with E-state index in [0.717, 1.165) is 22.3 Å². The molecule has 0 aliphatic rings. The van der Waals surface area contributed by atoms with Crippen LogP contribution in [0.4, 0.5) is 0 Å². The minimum atomic E-state index is 0.0798. The zero-order valence-corrected chi connectivity index (χ0v) is 12.2. The maximum atomic E-state index is 5.65. The van der Waals surface area contributed by atoms with Gasteiger partial charge in [-0.3, -0.25) is 16.0 Å². The second-order valence-corrected chi connectivity index (χ2v) is 5.80. The van der Waals surface area contributed by atoms with Gasteiger partial charge in [0, 0.05) is 22.8 Å². The molecule has 0 spiro atoms. The third kappa shape index (κ3) is 2.77. The van der Waals surface area contributed by atoms with Crippen LogP contribution in [0.3, 0.4) is 0 Å². The normalized spacial score (nSPS) is 12.9. The fraction of sp³-hybridized carbons (Fsp3) is 0.364. The average molecular weight is 315 g/mol. The summed E-state index contributed by atoms with van der Waals surface area (Å²) in [5, 5.41) is 6.42. The van der Waals surface area contributed by atoms with E-state index in [-0.39, 0.29) is 6.04 Å². The predicted octanol–water partition coefficient (Wildman–Crippen LogP) is 2.30. The van der Waals surface area contributed by atoms with Crippen molar-refractivity contribution in [3.63, 3.8) is 0 Å². The third-order valence-electron chi connectivity index (χ3n) is 2.68. The lowest BCUT2D eigenvalue weighted by Crippen LogP contribution is -2.31. The number of aromatic nitrogens is 2. The SMILES string of the molecule is Cc1cc(C(Cc2sccc2Br)NN)n(C)n1. The van der Waals surface area contributed by atoms with Gasteiger partial charge in [0.25, 0.3) is 0 Å². The molecule has 3 N–H and O–H groups in total. The van der Waals surface area contributed by atoms with E-state index in [1.165, 1.54) is 4.88 Å². The summed E-state index contributed by atoms with van der Waals surface area (Å²) in [7, 11) is 1.94. The molecule has 0 aliphatic carbocycles. The van der Waals surface area contributed by atoms with Crippen LogP contribution in [-0.4, -0.2) is 9.78 Å². The van der Waals surface area contributed by atoms with E-state index >= 15 is 0 Å². The first kappa shape index (κ1) is 12.8. The third-order valence-corrected chi connectivity index (χ3v) is 4.63. The van der Waals surface area contributed by atoms with Crippen molar-refractivity contribution in [1.82, 2.24) is 15.2 Å². The summed E-state index contributed by atoms with van der Waals surface area (Å²) in [5.41, 5.74) is 4.97. The van der Waals surface area contributed by atoms with Crippen LogP contribution >= 0.6 is 27.3 Å². The quantitative estimate of drug-likeness (QED) is 0.672. The molecule has 6 heteroatoms. The van der Waals surface area contributed by atoms with E-state index in [1.807, 2.05) is 18.7 Å². The highest BCUT2D eigenvalue weighted by Gasteiger charge is 2.17. The lowest BCUT2D eigenvalue weighted by Gasteiger charge is -2.15. The van der Waals surface area contributed by atoms with Crippen LogP contribution in [0.2, 0.25) is 0 Å². The van der Waals surface area contributed by atoms with Crippen molar-refractivity contribution in [3.8, 4) is 0 Å². The molecule has 0 aromatic carbocycles. The van der Waals surface area contributed by atoms with Crippen molar-refractivity contribution in [2.24, 2.45) is 12.9 Å². The lowest BCUT2D eigenvalue weighted by molar-refractivity contribution is 0.510. The maximum absolute atomic E-state index is 5.65. The average Bonchev–Trinajstić information content (AvgIpc) is 2.82. The summed E-state index contributed by atoms with van der Waals surface area (Å²) >= 11 is 5.27. The van der Waals surface area contributed by atoms with E-state index < -0.39 is 0 Å². The summed E-state index contributed by atoms with van der Waals surface area (Å²) in [6, 6.07) is 4.20. The Labute approximate surface area is 113 Å². The van der Waals surface area contributed by atoms with Crippen LogP contribution in [-0.2, 0) is 13.5 Å². The van der Waals surface area contributed by atoms with Gasteiger partial charge < -0.3 is 0 Å². The van der Waals surface area contributed by atoms with Gasteiger partial charge in [0.1, 0.15) is 0 Å². The Morgan fingerprint density at radius 2 is 2.41 bits per heavy atom. The van der Waals surface area contributed by atoms with Gasteiger partial charge in [-0.1, -0.05) is 0 Å². The molecule has 0 radical (unpaired) electrons. The molecule has 0 fully saturated rings. The van der Waals surface area contributed by atoms with Gasteiger partial charge in [0.05, 0.1) is 17.4 Å². The second-order valence-electron chi connectivity index (χ2n) is 3.95. The van der Waals surface area contributed by atoms with Crippen molar-refractivity contribution in [2.75, 3.05) is 0 Å². The topological polar surface area (TPSA) is 55.9 Å². The molecule has 2 heterocycles. The highest BCUT2D eigenvalue weighted by molar-refractivity contribution is 9.10.